The smallest absolute Gasteiger partial charge is 0.0766 e. The number of aliphatic hydroxyl groups is 1. The van der Waals surface area contributed by atoms with E-state index >= 15 is 0 Å². The lowest BCUT2D eigenvalue weighted by Crippen LogP contribution is -2.40. The number of nitrogens with zero attached hydrogens (tertiary/aromatic N) is 2. The van der Waals surface area contributed by atoms with Gasteiger partial charge in [-0.2, -0.15) is 5.10 Å². The topological polar surface area (TPSA) is 38.0 Å². The monoisotopic (exact) mass is 342 g/mol. The first-order valence-electron chi connectivity index (χ1n) is 7.85. The zero-order valence-corrected chi connectivity index (χ0v) is 14.7. The van der Waals surface area contributed by atoms with Gasteiger partial charge in [0, 0.05) is 13.0 Å². The second-order valence-electron chi connectivity index (χ2n) is 6.63. The Morgan fingerprint density at radius 3 is 2.40 bits per heavy atom. The van der Waals surface area contributed by atoms with Crippen LogP contribution in [0.3, 0.4) is 0 Å². The predicted molar refractivity (Wildman–Crippen MR) is 85.8 cm³/mol. The van der Waals surface area contributed by atoms with Gasteiger partial charge >= 0.3 is 0 Å². The van der Waals surface area contributed by atoms with E-state index in [9.17, 15) is 5.11 Å². The van der Waals surface area contributed by atoms with Crippen molar-refractivity contribution in [2.24, 2.45) is 11.8 Å². The molecule has 114 valence electrons. The molecule has 1 aliphatic rings. The molecule has 0 amide bonds. The molecule has 0 aromatic carbocycles. The largest absolute Gasteiger partial charge is 0.389 e. The van der Waals surface area contributed by atoms with Crippen LogP contribution >= 0.6 is 15.9 Å². The highest BCUT2D eigenvalue weighted by Gasteiger charge is 2.37. The zero-order valence-electron chi connectivity index (χ0n) is 13.1. The van der Waals surface area contributed by atoms with Crippen molar-refractivity contribution in [2.75, 3.05) is 0 Å². The molecule has 1 fully saturated rings. The Hall–Kier alpha value is -0.350. The van der Waals surface area contributed by atoms with Crippen molar-refractivity contribution in [3.63, 3.8) is 0 Å². The molecule has 1 aromatic heterocycles. The van der Waals surface area contributed by atoms with Crippen LogP contribution < -0.4 is 0 Å². The van der Waals surface area contributed by atoms with Crippen LogP contribution in [0.5, 0.6) is 0 Å². The van der Waals surface area contributed by atoms with E-state index in [0.717, 1.165) is 41.7 Å². The minimum Gasteiger partial charge on any atom is -0.389 e. The standard InChI is InChI=1S/C16H27BrN2O/c1-5-13-15(17)14(19(6-2)18-13)10-16(20)8-11(3)7-12(4)9-16/h11-12,20H,5-10H2,1-4H3. The maximum Gasteiger partial charge on any atom is 0.0766 e. The Kier molecular flexibility index (Phi) is 4.96. The maximum absolute atomic E-state index is 11.0. The summed E-state index contributed by atoms with van der Waals surface area (Å²) in [4.78, 5) is 0. The second kappa shape index (κ2) is 6.18. The van der Waals surface area contributed by atoms with Gasteiger partial charge in [-0.1, -0.05) is 20.8 Å². The molecule has 0 radical (unpaired) electrons. The van der Waals surface area contributed by atoms with Gasteiger partial charge in [0.1, 0.15) is 0 Å². The molecule has 0 bridgehead atoms. The van der Waals surface area contributed by atoms with Gasteiger partial charge in [-0.15, -0.1) is 0 Å². The lowest BCUT2D eigenvalue weighted by atomic mass is 9.72. The van der Waals surface area contributed by atoms with Crippen molar-refractivity contribution in [3.8, 4) is 0 Å². The van der Waals surface area contributed by atoms with E-state index in [1.54, 1.807) is 0 Å². The summed E-state index contributed by atoms with van der Waals surface area (Å²) in [5.74, 6) is 1.21. The van der Waals surface area contributed by atoms with E-state index in [-0.39, 0.29) is 0 Å². The van der Waals surface area contributed by atoms with Crippen molar-refractivity contribution in [2.45, 2.75) is 71.9 Å². The lowest BCUT2D eigenvalue weighted by molar-refractivity contribution is -0.0319. The van der Waals surface area contributed by atoms with Crippen LogP contribution in [0.1, 0.15) is 58.3 Å². The molecule has 1 saturated carbocycles. The Bertz CT molecular complexity index is 459. The van der Waals surface area contributed by atoms with E-state index < -0.39 is 5.60 Å². The second-order valence-corrected chi connectivity index (χ2v) is 7.43. The summed E-state index contributed by atoms with van der Waals surface area (Å²) in [6.45, 7) is 9.60. The van der Waals surface area contributed by atoms with Gasteiger partial charge in [-0.25, -0.2) is 0 Å². The summed E-state index contributed by atoms with van der Waals surface area (Å²) >= 11 is 3.69. The van der Waals surface area contributed by atoms with Gasteiger partial charge < -0.3 is 5.11 Å². The molecule has 0 aliphatic heterocycles. The summed E-state index contributed by atoms with van der Waals surface area (Å²) < 4.78 is 3.14. The van der Waals surface area contributed by atoms with Crippen LogP contribution in [-0.2, 0) is 19.4 Å². The van der Waals surface area contributed by atoms with Crippen molar-refractivity contribution < 1.29 is 5.11 Å². The molecule has 1 aromatic rings. The van der Waals surface area contributed by atoms with Crippen molar-refractivity contribution >= 4 is 15.9 Å². The predicted octanol–water partition coefficient (Wildman–Crippen LogP) is 3.96. The number of hydrogen-bond acceptors (Lipinski definition) is 2. The summed E-state index contributed by atoms with van der Waals surface area (Å²) in [5.41, 5.74) is 1.69. The molecule has 2 atom stereocenters. The number of halogens is 1. The molecule has 1 heterocycles. The third-order valence-corrected chi connectivity index (χ3v) is 5.37. The van der Waals surface area contributed by atoms with E-state index in [4.69, 9.17) is 0 Å². The molecule has 3 nitrogen and oxygen atoms in total. The summed E-state index contributed by atoms with van der Waals surface area (Å²) in [6, 6.07) is 0. The fourth-order valence-electron chi connectivity index (χ4n) is 3.88. The Labute approximate surface area is 130 Å². The minimum absolute atomic E-state index is 0.572. The van der Waals surface area contributed by atoms with Crippen LogP contribution in [0, 0.1) is 11.8 Å². The quantitative estimate of drug-likeness (QED) is 0.899. The van der Waals surface area contributed by atoms with Crippen LogP contribution in [0.25, 0.3) is 0 Å². The zero-order chi connectivity index (χ0) is 14.9. The molecule has 0 spiro atoms. The fraction of sp³-hybridized carbons (Fsp3) is 0.812. The van der Waals surface area contributed by atoms with Gasteiger partial charge in [0.15, 0.2) is 0 Å². The normalized spacial score (nSPS) is 30.7. The van der Waals surface area contributed by atoms with E-state index in [1.165, 1.54) is 6.42 Å². The first-order chi connectivity index (χ1) is 9.38. The summed E-state index contributed by atoms with van der Waals surface area (Å²) in [6.07, 6.45) is 4.67. The average Bonchev–Trinajstić information content (AvgIpc) is 2.64. The van der Waals surface area contributed by atoms with Gasteiger partial charge in [0.25, 0.3) is 0 Å². The molecule has 4 heteroatoms. The third-order valence-electron chi connectivity index (χ3n) is 4.45. The van der Waals surface area contributed by atoms with Gasteiger partial charge in [-0.05, 0) is 60.4 Å². The molecule has 1 N–H and O–H groups in total. The first-order valence-corrected chi connectivity index (χ1v) is 8.64. The highest BCUT2D eigenvalue weighted by Crippen LogP contribution is 2.39. The highest BCUT2D eigenvalue weighted by molar-refractivity contribution is 9.10. The highest BCUT2D eigenvalue weighted by atomic mass is 79.9. The van der Waals surface area contributed by atoms with Gasteiger partial charge in [-0.3, -0.25) is 4.68 Å². The minimum atomic E-state index is -0.572. The number of aryl methyl sites for hydroxylation is 2. The summed E-state index contributed by atoms with van der Waals surface area (Å²) in [7, 11) is 0. The van der Waals surface area contributed by atoms with Crippen molar-refractivity contribution in [1.29, 1.82) is 0 Å². The maximum atomic E-state index is 11.0. The van der Waals surface area contributed by atoms with E-state index in [2.05, 4.69) is 48.7 Å². The van der Waals surface area contributed by atoms with Gasteiger partial charge in [0.05, 0.1) is 21.5 Å². The summed E-state index contributed by atoms with van der Waals surface area (Å²) in [5, 5.41) is 15.7. The number of rotatable bonds is 4. The average molecular weight is 343 g/mol. The SMILES string of the molecule is CCc1nn(CC)c(CC2(O)CC(C)CC(C)C2)c1Br. The number of hydrogen-bond donors (Lipinski definition) is 1. The van der Waals surface area contributed by atoms with Crippen LogP contribution in [0.2, 0.25) is 0 Å². The molecular formula is C16H27BrN2O. The van der Waals surface area contributed by atoms with E-state index in [1.807, 2.05) is 4.68 Å². The van der Waals surface area contributed by atoms with E-state index in [0.29, 0.717) is 18.3 Å². The molecule has 2 unspecified atom stereocenters. The van der Waals surface area contributed by atoms with Gasteiger partial charge in [0.2, 0.25) is 0 Å². The Morgan fingerprint density at radius 1 is 1.30 bits per heavy atom. The molecule has 1 aliphatic carbocycles. The number of aromatic nitrogens is 2. The van der Waals surface area contributed by atoms with Crippen molar-refractivity contribution in [1.82, 2.24) is 9.78 Å². The Morgan fingerprint density at radius 2 is 1.90 bits per heavy atom. The van der Waals surface area contributed by atoms with Crippen molar-refractivity contribution in [3.05, 3.63) is 15.9 Å². The van der Waals surface area contributed by atoms with Crippen LogP contribution in [0.15, 0.2) is 4.47 Å². The molecule has 0 saturated heterocycles. The lowest BCUT2D eigenvalue weighted by Gasteiger charge is -2.39. The Balaban J connectivity index is 2.26. The van der Waals surface area contributed by atoms with Crippen LogP contribution in [-0.4, -0.2) is 20.5 Å². The fourth-order valence-corrected chi connectivity index (χ4v) is 4.58. The van der Waals surface area contributed by atoms with Crippen LogP contribution in [0.4, 0.5) is 0 Å². The third kappa shape index (κ3) is 3.28. The molecular weight excluding hydrogens is 316 g/mol. The molecule has 2 rings (SSSR count). The first kappa shape index (κ1) is 16.0. The molecule has 20 heavy (non-hydrogen) atoms.